The van der Waals surface area contributed by atoms with Crippen molar-refractivity contribution in [2.75, 3.05) is 6.54 Å². The number of hydrogen-bond acceptors (Lipinski definition) is 4. The third-order valence-electron chi connectivity index (χ3n) is 4.95. The van der Waals surface area contributed by atoms with Crippen molar-refractivity contribution in [3.05, 3.63) is 89.5 Å². The van der Waals surface area contributed by atoms with Gasteiger partial charge in [-0.15, -0.1) is 0 Å². The Morgan fingerprint density at radius 2 is 1.75 bits per heavy atom. The molecule has 0 radical (unpaired) electrons. The van der Waals surface area contributed by atoms with E-state index in [-0.39, 0.29) is 6.61 Å². The van der Waals surface area contributed by atoms with E-state index in [1.807, 2.05) is 72.8 Å². The van der Waals surface area contributed by atoms with E-state index in [2.05, 4.69) is 16.2 Å². The summed E-state index contributed by atoms with van der Waals surface area (Å²) in [5, 5.41) is 4.90. The predicted molar refractivity (Wildman–Crippen MR) is 128 cm³/mol. The van der Waals surface area contributed by atoms with Crippen LogP contribution in [0.3, 0.4) is 0 Å². The van der Waals surface area contributed by atoms with Crippen molar-refractivity contribution >= 4 is 40.6 Å². The summed E-state index contributed by atoms with van der Waals surface area (Å²) in [5.41, 5.74) is 8.32. The zero-order valence-corrected chi connectivity index (χ0v) is 18.3. The highest BCUT2D eigenvalue weighted by Gasteiger charge is 2.14. The average Bonchev–Trinajstić information content (AvgIpc) is 2.81. The van der Waals surface area contributed by atoms with Crippen LogP contribution in [-0.2, 0) is 22.6 Å². The minimum Gasteiger partial charge on any atom is -0.445 e. The van der Waals surface area contributed by atoms with Crippen molar-refractivity contribution in [1.29, 1.82) is 0 Å². The Hall–Kier alpha value is -3.35. The smallest absolute Gasteiger partial charge is 0.407 e. The lowest BCUT2D eigenvalue weighted by molar-refractivity contribution is -0.119. The molecule has 0 aliphatic rings. The van der Waals surface area contributed by atoms with Crippen molar-refractivity contribution in [3.63, 3.8) is 0 Å². The maximum absolute atomic E-state index is 11.8. The summed E-state index contributed by atoms with van der Waals surface area (Å²) < 4.78 is 5.18. The fourth-order valence-electron chi connectivity index (χ4n) is 3.22. The number of primary amides is 1. The van der Waals surface area contributed by atoms with E-state index < -0.39 is 18.0 Å². The third-order valence-corrected chi connectivity index (χ3v) is 5.21. The Morgan fingerprint density at radius 3 is 2.50 bits per heavy atom. The largest absolute Gasteiger partial charge is 0.445 e. The number of carbonyl (C=O) groups is 2. The van der Waals surface area contributed by atoms with Gasteiger partial charge in [-0.25, -0.2) is 9.63 Å². The molecule has 0 unspecified atom stereocenters. The van der Waals surface area contributed by atoms with Gasteiger partial charge < -0.3 is 15.8 Å². The number of rotatable bonds is 10. The molecule has 0 saturated carbocycles. The lowest BCUT2D eigenvalue weighted by atomic mass is 10.00. The molecule has 0 saturated heterocycles. The fraction of sp³-hybridized carbons (Fsp3) is 0.200. The molecule has 3 aromatic rings. The number of ether oxygens (including phenoxy) is 1. The highest BCUT2D eigenvalue weighted by atomic mass is 35.5. The molecule has 0 aliphatic heterocycles. The van der Waals surface area contributed by atoms with Crippen LogP contribution in [0.1, 0.15) is 23.1 Å². The van der Waals surface area contributed by atoms with Crippen LogP contribution in [0.5, 0.6) is 0 Å². The molecule has 6 nitrogen and oxygen atoms in total. The number of halogens is 1. The molecule has 0 bridgehead atoms. The van der Waals surface area contributed by atoms with Crippen molar-refractivity contribution in [1.82, 2.24) is 10.2 Å². The van der Waals surface area contributed by atoms with Crippen LogP contribution in [0.2, 0.25) is 0 Å². The number of benzene rings is 3. The van der Waals surface area contributed by atoms with E-state index in [0.717, 1.165) is 27.5 Å². The predicted octanol–water partition coefficient (Wildman–Crippen LogP) is 4.31. The first kappa shape index (κ1) is 23.3. The molecule has 1 atom stereocenters. The zero-order chi connectivity index (χ0) is 22.8. The van der Waals surface area contributed by atoms with Crippen LogP contribution in [-0.4, -0.2) is 24.6 Å². The van der Waals surface area contributed by atoms with Gasteiger partial charge in [-0.2, -0.15) is 0 Å². The van der Waals surface area contributed by atoms with Crippen LogP contribution >= 0.6 is 11.8 Å². The van der Waals surface area contributed by atoms with Gasteiger partial charge in [0.2, 0.25) is 5.91 Å². The Bertz CT molecular complexity index is 1090. The molecule has 3 rings (SSSR count). The summed E-state index contributed by atoms with van der Waals surface area (Å²) in [4.78, 5) is 25.5. The topological polar surface area (TPSA) is 93.5 Å². The van der Waals surface area contributed by atoms with E-state index in [0.29, 0.717) is 19.4 Å². The Morgan fingerprint density at radius 1 is 1.00 bits per heavy atom. The quantitative estimate of drug-likeness (QED) is 0.316. The number of nitrogens with one attached hydrogen (secondary N) is 2. The second-order valence-corrected chi connectivity index (χ2v) is 7.61. The summed E-state index contributed by atoms with van der Waals surface area (Å²) in [6.45, 7) is 0.754. The highest BCUT2D eigenvalue weighted by Crippen LogP contribution is 2.20. The Kier molecular flexibility index (Phi) is 8.66. The normalized spacial score (nSPS) is 12.0. The molecule has 0 aromatic heterocycles. The van der Waals surface area contributed by atoms with Crippen LogP contribution in [0.4, 0.5) is 4.79 Å². The number of fused-ring (bicyclic) bond motifs is 1. The van der Waals surface area contributed by atoms with E-state index in [1.165, 1.54) is 0 Å². The summed E-state index contributed by atoms with van der Waals surface area (Å²) in [6, 6.07) is 21.1. The molecule has 0 aliphatic carbocycles. The number of nitrogens with two attached hydrogens (primary N) is 1. The van der Waals surface area contributed by atoms with Crippen molar-refractivity contribution in [2.45, 2.75) is 25.5 Å². The Labute approximate surface area is 192 Å². The van der Waals surface area contributed by atoms with Crippen LogP contribution in [0.15, 0.2) is 72.8 Å². The lowest BCUT2D eigenvalue weighted by Crippen LogP contribution is -2.38. The number of carbonyl (C=O) groups excluding carboxylic acids is 2. The molecule has 7 heteroatoms. The van der Waals surface area contributed by atoms with E-state index in [1.54, 1.807) is 0 Å². The van der Waals surface area contributed by atoms with Crippen molar-refractivity contribution in [2.24, 2.45) is 5.73 Å². The summed E-state index contributed by atoms with van der Waals surface area (Å²) in [7, 11) is 0. The fourth-order valence-corrected chi connectivity index (χ4v) is 3.41. The Balaban J connectivity index is 1.46. The van der Waals surface area contributed by atoms with E-state index in [9.17, 15) is 9.59 Å². The molecule has 0 spiro atoms. The van der Waals surface area contributed by atoms with Gasteiger partial charge >= 0.3 is 6.09 Å². The molecule has 0 heterocycles. The third kappa shape index (κ3) is 7.11. The van der Waals surface area contributed by atoms with Gasteiger partial charge in [0.15, 0.2) is 0 Å². The van der Waals surface area contributed by atoms with Gasteiger partial charge in [-0.3, -0.25) is 4.79 Å². The second-order valence-electron chi connectivity index (χ2n) is 7.39. The van der Waals surface area contributed by atoms with Gasteiger partial charge in [-0.05, 0) is 58.1 Å². The van der Waals surface area contributed by atoms with Crippen LogP contribution in [0, 0.1) is 0 Å². The van der Waals surface area contributed by atoms with E-state index >= 15 is 0 Å². The summed E-state index contributed by atoms with van der Waals surface area (Å²) >= 11 is 5.59. The maximum atomic E-state index is 11.8. The zero-order valence-electron chi connectivity index (χ0n) is 17.6. The number of hydrogen-bond donors (Lipinski definition) is 3. The lowest BCUT2D eigenvalue weighted by Gasteiger charge is -2.11. The highest BCUT2D eigenvalue weighted by molar-refractivity contribution is 6.15. The standard InChI is InChI=1S/C25H26ClN3O3/c26-29-23(24(27)30)16-20-10-12-21-14-18(9-11-22(21)15-20)6-4-5-13-28-25(31)32-17-19-7-2-1-3-8-19/h1-4,6-12,14-15,23,29H,5,13,16-17H2,(H2,27,30)(H,28,31)/b6-4+/t23-/m0/s1. The molecule has 0 fully saturated rings. The first-order valence-corrected chi connectivity index (χ1v) is 10.7. The number of alkyl carbamates (subject to hydrolysis) is 1. The van der Waals surface area contributed by atoms with Gasteiger partial charge in [0, 0.05) is 6.54 Å². The van der Waals surface area contributed by atoms with Gasteiger partial charge in [0.05, 0.1) is 0 Å². The minimum absolute atomic E-state index is 0.257. The monoisotopic (exact) mass is 451 g/mol. The maximum Gasteiger partial charge on any atom is 0.407 e. The second kappa shape index (κ2) is 11.9. The molecule has 3 aromatic carbocycles. The molecule has 166 valence electrons. The van der Waals surface area contributed by atoms with Crippen LogP contribution in [0.25, 0.3) is 16.8 Å². The summed E-state index contributed by atoms with van der Waals surface area (Å²) in [6.07, 6.45) is 4.72. The molecule has 2 amide bonds. The first-order chi connectivity index (χ1) is 15.5. The van der Waals surface area contributed by atoms with Gasteiger partial charge in [0.1, 0.15) is 12.6 Å². The molecule has 32 heavy (non-hydrogen) atoms. The van der Waals surface area contributed by atoms with Gasteiger partial charge in [0.25, 0.3) is 0 Å². The SMILES string of the molecule is NC(=O)[C@H](Cc1ccc2cc(/C=C/CCNC(=O)OCc3ccccc3)ccc2c1)NCl. The number of amides is 2. The van der Waals surface area contributed by atoms with Crippen molar-refractivity contribution < 1.29 is 14.3 Å². The van der Waals surface area contributed by atoms with E-state index in [4.69, 9.17) is 22.2 Å². The first-order valence-electron chi connectivity index (χ1n) is 10.3. The molecular weight excluding hydrogens is 426 g/mol. The van der Waals surface area contributed by atoms with Gasteiger partial charge in [-0.1, -0.05) is 72.8 Å². The molecular formula is C25H26ClN3O3. The van der Waals surface area contributed by atoms with Crippen LogP contribution < -0.4 is 15.9 Å². The van der Waals surface area contributed by atoms with Crippen molar-refractivity contribution in [3.8, 4) is 0 Å². The minimum atomic E-state index is -0.611. The molecule has 4 N–H and O–H groups in total. The average molecular weight is 452 g/mol. The summed E-state index contributed by atoms with van der Waals surface area (Å²) in [5.74, 6) is -0.487.